The zero-order chi connectivity index (χ0) is 11.4. The van der Waals surface area contributed by atoms with Gasteiger partial charge in [-0.2, -0.15) is 0 Å². The molecule has 0 aromatic rings. The van der Waals surface area contributed by atoms with Crippen LogP contribution >= 0.6 is 0 Å². The van der Waals surface area contributed by atoms with Gasteiger partial charge in [-0.1, -0.05) is 0 Å². The molecule has 3 nitrogen and oxygen atoms in total. The first kappa shape index (κ1) is 12.3. The number of nitrogens with one attached hydrogen (secondary N) is 1. The Balaban J connectivity index is 1.61. The molecule has 1 aliphatic carbocycles. The highest BCUT2D eigenvalue weighted by atomic mass is 15.2. The Morgan fingerprint density at radius 1 is 1.19 bits per heavy atom. The molecule has 1 aliphatic heterocycles. The molecule has 1 heterocycles. The summed E-state index contributed by atoms with van der Waals surface area (Å²) in [4.78, 5) is 4.93. The van der Waals surface area contributed by atoms with Crippen molar-refractivity contribution in [1.82, 2.24) is 15.1 Å². The summed E-state index contributed by atoms with van der Waals surface area (Å²) in [6.07, 6.45) is 6.91. The predicted octanol–water partition coefficient (Wildman–Crippen LogP) is 1.15. The number of piperidine rings is 1. The van der Waals surface area contributed by atoms with Crippen molar-refractivity contribution in [3.8, 4) is 0 Å². The normalized spacial score (nSPS) is 27.6. The van der Waals surface area contributed by atoms with Gasteiger partial charge in [-0.15, -0.1) is 0 Å². The van der Waals surface area contributed by atoms with Crippen molar-refractivity contribution < 1.29 is 0 Å². The van der Waals surface area contributed by atoms with E-state index in [0.29, 0.717) is 0 Å². The SMILES string of the molecule is CN(C)CCCN1CCCC(NC2CC2)C1. The third-order valence-corrected chi connectivity index (χ3v) is 3.63. The molecule has 1 atom stereocenters. The summed E-state index contributed by atoms with van der Waals surface area (Å²) in [5, 5.41) is 3.77. The van der Waals surface area contributed by atoms with Crippen LogP contribution in [0.4, 0.5) is 0 Å². The van der Waals surface area contributed by atoms with E-state index in [4.69, 9.17) is 0 Å². The van der Waals surface area contributed by atoms with Gasteiger partial charge in [0.05, 0.1) is 0 Å². The highest BCUT2D eigenvalue weighted by molar-refractivity contribution is 4.87. The molecule has 2 aliphatic rings. The monoisotopic (exact) mass is 225 g/mol. The third kappa shape index (κ3) is 4.40. The van der Waals surface area contributed by atoms with Crippen LogP contribution in [0.15, 0.2) is 0 Å². The molecule has 3 heteroatoms. The molecule has 0 aromatic heterocycles. The van der Waals surface area contributed by atoms with E-state index >= 15 is 0 Å². The lowest BCUT2D eigenvalue weighted by Gasteiger charge is -2.33. The van der Waals surface area contributed by atoms with Crippen molar-refractivity contribution in [2.45, 2.75) is 44.2 Å². The lowest BCUT2D eigenvalue weighted by Crippen LogP contribution is -2.46. The number of nitrogens with zero attached hydrogens (tertiary/aromatic N) is 2. The highest BCUT2D eigenvalue weighted by Crippen LogP contribution is 2.21. The summed E-state index contributed by atoms with van der Waals surface area (Å²) in [5.41, 5.74) is 0. The molecule has 1 saturated heterocycles. The Kier molecular flexibility index (Phi) is 4.62. The van der Waals surface area contributed by atoms with Crippen molar-refractivity contribution in [3.05, 3.63) is 0 Å². The van der Waals surface area contributed by atoms with Gasteiger partial charge in [0.2, 0.25) is 0 Å². The van der Waals surface area contributed by atoms with Gasteiger partial charge < -0.3 is 15.1 Å². The Bertz CT molecular complexity index is 201. The molecule has 0 radical (unpaired) electrons. The molecule has 1 N–H and O–H groups in total. The molecule has 1 unspecified atom stereocenters. The van der Waals surface area contributed by atoms with Gasteiger partial charge in [0.25, 0.3) is 0 Å². The van der Waals surface area contributed by atoms with Crippen LogP contribution in [0.3, 0.4) is 0 Å². The van der Waals surface area contributed by atoms with E-state index in [1.807, 2.05) is 0 Å². The second-order valence-electron chi connectivity index (χ2n) is 5.74. The molecule has 16 heavy (non-hydrogen) atoms. The summed E-state index contributed by atoms with van der Waals surface area (Å²) < 4.78 is 0. The van der Waals surface area contributed by atoms with Crippen LogP contribution in [-0.2, 0) is 0 Å². The standard InChI is InChI=1S/C13H27N3/c1-15(2)8-4-10-16-9-3-5-13(11-16)14-12-6-7-12/h12-14H,3-11H2,1-2H3. The van der Waals surface area contributed by atoms with Gasteiger partial charge in [0, 0.05) is 18.6 Å². The fourth-order valence-corrected chi connectivity index (χ4v) is 2.59. The second-order valence-corrected chi connectivity index (χ2v) is 5.74. The van der Waals surface area contributed by atoms with Crippen LogP contribution in [0.2, 0.25) is 0 Å². The van der Waals surface area contributed by atoms with E-state index < -0.39 is 0 Å². The van der Waals surface area contributed by atoms with Gasteiger partial charge in [-0.05, 0) is 65.8 Å². The summed E-state index contributed by atoms with van der Waals surface area (Å²) in [7, 11) is 4.32. The number of rotatable bonds is 6. The fourth-order valence-electron chi connectivity index (χ4n) is 2.59. The van der Waals surface area contributed by atoms with Crippen molar-refractivity contribution >= 4 is 0 Å². The van der Waals surface area contributed by atoms with Crippen molar-refractivity contribution in [2.24, 2.45) is 0 Å². The molecular weight excluding hydrogens is 198 g/mol. The van der Waals surface area contributed by atoms with Crippen molar-refractivity contribution in [3.63, 3.8) is 0 Å². The van der Waals surface area contributed by atoms with Crippen LogP contribution in [-0.4, -0.2) is 62.2 Å². The van der Waals surface area contributed by atoms with E-state index in [1.54, 1.807) is 0 Å². The topological polar surface area (TPSA) is 18.5 Å². The Morgan fingerprint density at radius 2 is 2.00 bits per heavy atom. The Morgan fingerprint density at radius 3 is 2.69 bits per heavy atom. The average Bonchev–Trinajstić information content (AvgIpc) is 3.02. The molecule has 0 amide bonds. The van der Waals surface area contributed by atoms with E-state index in [0.717, 1.165) is 12.1 Å². The first-order chi connectivity index (χ1) is 7.74. The highest BCUT2D eigenvalue weighted by Gasteiger charge is 2.27. The molecule has 0 aromatic carbocycles. The molecular formula is C13H27N3. The van der Waals surface area contributed by atoms with E-state index in [9.17, 15) is 0 Å². The maximum atomic E-state index is 3.77. The van der Waals surface area contributed by atoms with Gasteiger partial charge in [0.15, 0.2) is 0 Å². The van der Waals surface area contributed by atoms with Crippen LogP contribution in [0.1, 0.15) is 32.1 Å². The van der Waals surface area contributed by atoms with Crippen LogP contribution in [0, 0.1) is 0 Å². The zero-order valence-electron chi connectivity index (χ0n) is 10.9. The van der Waals surface area contributed by atoms with Crippen LogP contribution in [0.5, 0.6) is 0 Å². The molecule has 94 valence electrons. The third-order valence-electron chi connectivity index (χ3n) is 3.63. The maximum absolute atomic E-state index is 3.77. The predicted molar refractivity (Wildman–Crippen MR) is 68.8 cm³/mol. The number of hydrogen-bond donors (Lipinski definition) is 1. The molecule has 2 fully saturated rings. The van der Waals surface area contributed by atoms with E-state index in [2.05, 4.69) is 29.2 Å². The Labute approximate surface area is 100 Å². The summed E-state index contributed by atoms with van der Waals surface area (Å²) in [6.45, 7) is 5.10. The van der Waals surface area contributed by atoms with Crippen LogP contribution in [0.25, 0.3) is 0 Å². The smallest absolute Gasteiger partial charge is 0.0198 e. The quantitative estimate of drug-likeness (QED) is 0.732. The van der Waals surface area contributed by atoms with E-state index in [-0.39, 0.29) is 0 Å². The largest absolute Gasteiger partial charge is 0.310 e. The molecule has 0 bridgehead atoms. The fraction of sp³-hybridized carbons (Fsp3) is 1.00. The summed E-state index contributed by atoms with van der Waals surface area (Å²) >= 11 is 0. The second kappa shape index (κ2) is 5.99. The zero-order valence-corrected chi connectivity index (χ0v) is 10.9. The number of likely N-dealkylation sites (tertiary alicyclic amines) is 1. The first-order valence-corrected chi connectivity index (χ1v) is 6.87. The lowest BCUT2D eigenvalue weighted by atomic mass is 10.1. The average molecular weight is 225 g/mol. The summed E-state index contributed by atoms with van der Waals surface area (Å²) in [6, 6.07) is 1.65. The summed E-state index contributed by atoms with van der Waals surface area (Å²) in [5.74, 6) is 0. The van der Waals surface area contributed by atoms with E-state index in [1.165, 1.54) is 58.3 Å². The van der Waals surface area contributed by atoms with Crippen molar-refractivity contribution in [1.29, 1.82) is 0 Å². The van der Waals surface area contributed by atoms with Crippen molar-refractivity contribution in [2.75, 3.05) is 40.3 Å². The molecule has 1 saturated carbocycles. The maximum Gasteiger partial charge on any atom is 0.0198 e. The minimum absolute atomic E-state index is 0.778. The van der Waals surface area contributed by atoms with Gasteiger partial charge >= 0.3 is 0 Å². The molecule has 2 rings (SSSR count). The first-order valence-electron chi connectivity index (χ1n) is 6.87. The van der Waals surface area contributed by atoms with Gasteiger partial charge in [-0.3, -0.25) is 0 Å². The Hall–Kier alpha value is -0.120. The van der Waals surface area contributed by atoms with Gasteiger partial charge in [-0.25, -0.2) is 0 Å². The molecule has 0 spiro atoms. The lowest BCUT2D eigenvalue weighted by molar-refractivity contribution is 0.182. The number of hydrogen-bond acceptors (Lipinski definition) is 3. The minimum atomic E-state index is 0.778. The van der Waals surface area contributed by atoms with Gasteiger partial charge in [0.1, 0.15) is 0 Å². The minimum Gasteiger partial charge on any atom is -0.310 e. The van der Waals surface area contributed by atoms with Crippen LogP contribution < -0.4 is 5.32 Å².